The minimum Gasteiger partial charge on any atom is -0.394 e. The Morgan fingerprint density at radius 1 is 1.44 bits per heavy atom. The van der Waals surface area contributed by atoms with Crippen LogP contribution in [0.4, 0.5) is 5.95 Å². The van der Waals surface area contributed by atoms with Crippen LogP contribution in [-0.2, 0) is 0 Å². The highest BCUT2D eigenvalue weighted by Gasteiger charge is 2.10. The maximum absolute atomic E-state index is 8.92. The van der Waals surface area contributed by atoms with Gasteiger partial charge in [0.15, 0.2) is 5.65 Å². The van der Waals surface area contributed by atoms with Crippen LogP contribution in [0, 0.1) is 0 Å². The highest BCUT2D eigenvalue weighted by atomic mass is 79.9. The molecule has 0 unspecified atom stereocenters. The molecule has 6 nitrogen and oxygen atoms in total. The summed E-state index contributed by atoms with van der Waals surface area (Å²) in [5.74, 6) is 0.375. The molecule has 2 aromatic heterocycles. The third-order valence-corrected chi connectivity index (χ3v) is 2.71. The SMILES string of the molecule is OCC(CO)Nc1nc2c(Br)cccn2n1. The van der Waals surface area contributed by atoms with Crippen LogP contribution >= 0.6 is 15.9 Å². The Bertz CT molecular complexity index is 483. The summed E-state index contributed by atoms with van der Waals surface area (Å²) in [4.78, 5) is 4.22. The first-order chi connectivity index (χ1) is 7.74. The van der Waals surface area contributed by atoms with Crippen LogP contribution in [0.15, 0.2) is 22.8 Å². The van der Waals surface area contributed by atoms with Gasteiger partial charge in [0.2, 0.25) is 5.95 Å². The molecular weight excluding hydrogens is 276 g/mol. The van der Waals surface area contributed by atoms with Crippen molar-refractivity contribution in [2.45, 2.75) is 6.04 Å². The molecule has 0 aliphatic rings. The summed E-state index contributed by atoms with van der Waals surface area (Å²) in [5, 5.41) is 24.8. The van der Waals surface area contributed by atoms with Crippen molar-refractivity contribution in [1.29, 1.82) is 0 Å². The van der Waals surface area contributed by atoms with Gasteiger partial charge in [0.25, 0.3) is 0 Å². The van der Waals surface area contributed by atoms with Gasteiger partial charge < -0.3 is 15.5 Å². The van der Waals surface area contributed by atoms with Gasteiger partial charge in [-0.05, 0) is 28.1 Å². The standard InChI is InChI=1S/C9H11BrN4O2/c10-7-2-1-3-14-8(7)12-9(13-14)11-6(4-15)5-16/h1-3,6,15-16H,4-5H2,(H,11,13). The molecule has 0 radical (unpaired) electrons. The van der Waals surface area contributed by atoms with Gasteiger partial charge in [0.1, 0.15) is 0 Å². The first kappa shape index (κ1) is 11.3. The van der Waals surface area contributed by atoms with E-state index < -0.39 is 6.04 Å². The Kier molecular flexibility index (Phi) is 3.37. The lowest BCUT2D eigenvalue weighted by Crippen LogP contribution is -2.28. The molecule has 0 amide bonds. The molecule has 3 N–H and O–H groups in total. The molecule has 16 heavy (non-hydrogen) atoms. The normalized spacial score (nSPS) is 11.2. The number of hydrogen-bond acceptors (Lipinski definition) is 5. The van der Waals surface area contributed by atoms with E-state index in [1.165, 1.54) is 0 Å². The van der Waals surface area contributed by atoms with Crippen LogP contribution in [0.2, 0.25) is 0 Å². The van der Waals surface area contributed by atoms with Crippen molar-refractivity contribution in [3.05, 3.63) is 22.8 Å². The fourth-order valence-electron chi connectivity index (χ4n) is 1.27. The largest absolute Gasteiger partial charge is 0.394 e. The maximum atomic E-state index is 8.92. The lowest BCUT2D eigenvalue weighted by molar-refractivity contribution is 0.203. The predicted octanol–water partition coefficient (Wildman–Crippen LogP) is 0.257. The second kappa shape index (κ2) is 4.77. The monoisotopic (exact) mass is 286 g/mol. The van der Waals surface area contributed by atoms with E-state index in [2.05, 4.69) is 31.3 Å². The van der Waals surface area contributed by atoms with Gasteiger partial charge in [0, 0.05) is 6.20 Å². The van der Waals surface area contributed by atoms with Crippen molar-refractivity contribution in [2.24, 2.45) is 0 Å². The number of anilines is 1. The zero-order valence-corrected chi connectivity index (χ0v) is 9.92. The number of rotatable bonds is 4. The fourth-order valence-corrected chi connectivity index (χ4v) is 1.69. The molecule has 0 spiro atoms. The van der Waals surface area contributed by atoms with Crippen molar-refractivity contribution >= 4 is 27.5 Å². The highest BCUT2D eigenvalue weighted by Crippen LogP contribution is 2.16. The van der Waals surface area contributed by atoms with E-state index in [1.54, 1.807) is 10.7 Å². The number of aromatic nitrogens is 3. The van der Waals surface area contributed by atoms with Crippen LogP contribution in [0.5, 0.6) is 0 Å². The van der Waals surface area contributed by atoms with Crippen LogP contribution in [0.3, 0.4) is 0 Å². The topological polar surface area (TPSA) is 82.7 Å². The van der Waals surface area contributed by atoms with E-state index >= 15 is 0 Å². The third-order valence-electron chi connectivity index (χ3n) is 2.09. The molecule has 0 atom stereocenters. The number of hydrogen-bond donors (Lipinski definition) is 3. The number of fused-ring (bicyclic) bond motifs is 1. The lowest BCUT2D eigenvalue weighted by Gasteiger charge is -2.10. The van der Waals surface area contributed by atoms with Crippen LogP contribution < -0.4 is 5.32 Å². The lowest BCUT2D eigenvalue weighted by atomic mass is 10.3. The summed E-state index contributed by atoms with van der Waals surface area (Å²) < 4.78 is 2.44. The summed E-state index contributed by atoms with van der Waals surface area (Å²) in [6.07, 6.45) is 1.77. The molecule has 2 rings (SSSR count). The fraction of sp³-hybridized carbons (Fsp3) is 0.333. The summed E-state index contributed by atoms with van der Waals surface area (Å²) in [6, 6.07) is 3.25. The molecule has 0 aliphatic carbocycles. The molecule has 0 bridgehead atoms. The Hall–Kier alpha value is -1.18. The van der Waals surface area contributed by atoms with Gasteiger partial charge >= 0.3 is 0 Å². The molecule has 0 aromatic carbocycles. The van der Waals surface area contributed by atoms with Crippen molar-refractivity contribution in [3.63, 3.8) is 0 Å². The number of halogens is 1. The summed E-state index contributed by atoms with van der Waals surface area (Å²) in [6.45, 7) is -0.347. The number of aliphatic hydroxyl groups excluding tert-OH is 2. The quantitative estimate of drug-likeness (QED) is 0.751. The first-order valence-corrected chi connectivity index (χ1v) is 5.53. The van der Waals surface area contributed by atoms with Gasteiger partial charge in [-0.15, -0.1) is 5.10 Å². The average molecular weight is 287 g/mol. The second-order valence-electron chi connectivity index (χ2n) is 3.27. The van der Waals surface area contributed by atoms with Crippen molar-refractivity contribution < 1.29 is 10.2 Å². The molecule has 0 saturated heterocycles. The van der Waals surface area contributed by atoms with Crippen molar-refractivity contribution in [2.75, 3.05) is 18.5 Å². The highest BCUT2D eigenvalue weighted by molar-refractivity contribution is 9.10. The molecule has 86 valence electrons. The first-order valence-electron chi connectivity index (χ1n) is 4.73. The minimum atomic E-state index is -0.448. The zero-order valence-electron chi connectivity index (χ0n) is 8.34. The van der Waals surface area contributed by atoms with E-state index in [0.29, 0.717) is 11.6 Å². The molecule has 2 aromatic rings. The van der Waals surface area contributed by atoms with Crippen LogP contribution in [0.25, 0.3) is 5.65 Å². The van der Waals surface area contributed by atoms with Gasteiger partial charge in [-0.1, -0.05) is 0 Å². The van der Waals surface area contributed by atoms with E-state index in [1.807, 2.05) is 12.1 Å². The number of pyridine rings is 1. The Morgan fingerprint density at radius 3 is 2.81 bits per heavy atom. The van der Waals surface area contributed by atoms with E-state index in [0.717, 1.165) is 4.47 Å². The molecule has 7 heteroatoms. The summed E-state index contributed by atoms with van der Waals surface area (Å²) in [7, 11) is 0. The smallest absolute Gasteiger partial charge is 0.243 e. The molecule has 0 fully saturated rings. The van der Waals surface area contributed by atoms with Gasteiger partial charge in [0.05, 0.1) is 23.7 Å². The third kappa shape index (κ3) is 2.16. The van der Waals surface area contributed by atoms with Crippen LogP contribution in [-0.4, -0.2) is 44.1 Å². The van der Waals surface area contributed by atoms with E-state index in [-0.39, 0.29) is 13.2 Å². The Balaban J connectivity index is 2.29. The minimum absolute atomic E-state index is 0.173. The van der Waals surface area contributed by atoms with Gasteiger partial charge in [-0.2, -0.15) is 4.98 Å². The number of nitrogens with one attached hydrogen (secondary N) is 1. The molecular formula is C9H11BrN4O2. The van der Waals surface area contributed by atoms with Crippen molar-refractivity contribution in [3.8, 4) is 0 Å². The summed E-state index contributed by atoms with van der Waals surface area (Å²) in [5.41, 5.74) is 0.680. The van der Waals surface area contributed by atoms with E-state index in [4.69, 9.17) is 10.2 Å². The van der Waals surface area contributed by atoms with Gasteiger partial charge in [-0.3, -0.25) is 0 Å². The molecule has 0 saturated carbocycles. The molecule has 0 aliphatic heterocycles. The predicted molar refractivity (Wildman–Crippen MR) is 62.3 cm³/mol. The maximum Gasteiger partial charge on any atom is 0.243 e. The number of nitrogens with zero attached hydrogens (tertiary/aromatic N) is 3. The van der Waals surface area contributed by atoms with E-state index in [9.17, 15) is 0 Å². The van der Waals surface area contributed by atoms with Crippen molar-refractivity contribution in [1.82, 2.24) is 14.6 Å². The average Bonchev–Trinajstić information content (AvgIpc) is 2.70. The molecule has 2 heterocycles. The summed E-state index contributed by atoms with van der Waals surface area (Å²) >= 11 is 3.36. The second-order valence-corrected chi connectivity index (χ2v) is 4.12. The van der Waals surface area contributed by atoms with Crippen LogP contribution in [0.1, 0.15) is 0 Å². The van der Waals surface area contributed by atoms with Gasteiger partial charge in [-0.25, -0.2) is 4.52 Å². The number of aliphatic hydroxyl groups is 2. The Morgan fingerprint density at radius 2 is 2.19 bits per heavy atom. The zero-order chi connectivity index (χ0) is 11.5. The Labute approximate surface area is 100 Å².